The number of hydrogen-bond acceptors (Lipinski definition) is 3. The molecule has 0 bridgehead atoms. The van der Waals surface area contributed by atoms with Gasteiger partial charge in [-0.15, -0.1) is 0 Å². The Balaban J connectivity index is 1.89. The first-order chi connectivity index (χ1) is 9.24. The van der Waals surface area contributed by atoms with Crippen LogP contribution in [0.25, 0.3) is 5.69 Å². The number of aromatic nitrogens is 2. The Hall–Kier alpha value is -2.43. The second-order valence-electron chi connectivity index (χ2n) is 4.65. The van der Waals surface area contributed by atoms with Crippen molar-refractivity contribution in [3.05, 3.63) is 48.5 Å². The van der Waals surface area contributed by atoms with E-state index in [1.165, 1.54) is 0 Å². The Bertz CT molecular complexity index is 613. The first kappa shape index (κ1) is 11.6. The van der Waals surface area contributed by atoms with Gasteiger partial charge in [0.1, 0.15) is 0 Å². The minimum atomic E-state index is -0.0220. The zero-order valence-corrected chi connectivity index (χ0v) is 10.6. The van der Waals surface area contributed by atoms with Crippen LogP contribution >= 0.6 is 0 Å². The lowest BCUT2D eigenvalue weighted by Crippen LogP contribution is -2.31. The Morgan fingerprint density at radius 1 is 1.32 bits per heavy atom. The number of carbonyl (C=O) groups is 1. The first-order valence-corrected chi connectivity index (χ1v) is 6.19. The lowest BCUT2D eigenvalue weighted by molar-refractivity contribution is -0.121. The SMILES string of the molecule is C[C@@H]1CC(=O)NN=C1c1ccc(-n2ccnc2)cc1. The number of nitrogens with one attached hydrogen (secondary N) is 1. The molecule has 1 aromatic carbocycles. The molecule has 19 heavy (non-hydrogen) atoms. The van der Waals surface area contributed by atoms with E-state index in [1.54, 1.807) is 12.5 Å². The molecule has 0 saturated heterocycles. The third-order valence-electron chi connectivity index (χ3n) is 3.23. The predicted molar refractivity (Wildman–Crippen MR) is 72.0 cm³/mol. The van der Waals surface area contributed by atoms with Gasteiger partial charge in [0.25, 0.3) is 0 Å². The summed E-state index contributed by atoms with van der Waals surface area (Å²) >= 11 is 0. The fraction of sp³-hybridized carbons (Fsp3) is 0.214. The highest BCUT2D eigenvalue weighted by molar-refractivity contribution is 6.05. The van der Waals surface area contributed by atoms with Gasteiger partial charge >= 0.3 is 0 Å². The van der Waals surface area contributed by atoms with Crippen LogP contribution in [0.2, 0.25) is 0 Å². The van der Waals surface area contributed by atoms with Crippen molar-refractivity contribution in [3.63, 3.8) is 0 Å². The van der Waals surface area contributed by atoms with Gasteiger partial charge in [-0.3, -0.25) is 4.79 Å². The molecule has 96 valence electrons. The zero-order chi connectivity index (χ0) is 13.2. The maximum atomic E-state index is 11.2. The van der Waals surface area contributed by atoms with Crippen LogP contribution in [-0.4, -0.2) is 21.2 Å². The van der Waals surface area contributed by atoms with Crippen molar-refractivity contribution < 1.29 is 4.79 Å². The highest BCUT2D eigenvalue weighted by Crippen LogP contribution is 2.18. The smallest absolute Gasteiger partial charge is 0.240 e. The molecule has 0 unspecified atom stereocenters. The van der Waals surface area contributed by atoms with Crippen molar-refractivity contribution in [2.24, 2.45) is 11.0 Å². The molecule has 0 fully saturated rings. The van der Waals surface area contributed by atoms with E-state index < -0.39 is 0 Å². The molecule has 3 rings (SSSR count). The number of nitrogens with zero attached hydrogens (tertiary/aromatic N) is 3. The topological polar surface area (TPSA) is 59.3 Å². The highest BCUT2D eigenvalue weighted by Gasteiger charge is 2.21. The van der Waals surface area contributed by atoms with Crippen LogP contribution in [0.1, 0.15) is 18.9 Å². The summed E-state index contributed by atoms with van der Waals surface area (Å²) < 4.78 is 1.94. The van der Waals surface area contributed by atoms with Crippen molar-refractivity contribution in [3.8, 4) is 5.69 Å². The third kappa shape index (κ3) is 2.27. The van der Waals surface area contributed by atoms with E-state index in [0.717, 1.165) is 17.0 Å². The number of rotatable bonds is 2. The third-order valence-corrected chi connectivity index (χ3v) is 3.23. The minimum Gasteiger partial charge on any atom is -0.306 e. The molecular formula is C14H14N4O. The van der Waals surface area contributed by atoms with E-state index in [2.05, 4.69) is 15.5 Å². The van der Waals surface area contributed by atoms with E-state index in [-0.39, 0.29) is 11.8 Å². The van der Waals surface area contributed by atoms with Gasteiger partial charge in [0.05, 0.1) is 12.0 Å². The second kappa shape index (κ2) is 4.68. The van der Waals surface area contributed by atoms with Crippen molar-refractivity contribution in [2.45, 2.75) is 13.3 Å². The quantitative estimate of drug-likeness (QED) is 0.887. The van der Waals surface area contributed by atoms with E-state index in [9.17, 15) is 4.79 Å². The molecule has 0 spiro atoms. The summed E-state index contributed by atoms with van der Waals surface area (Å²) in [5, 5.41) is 4.15. The Morgan fingerprint density at radius 2 is 2.11 bits per heavy atom. The van der Waals surface area contributed by atoms with Gasteiger partial charge in [-0.2, -0.15) is 5.10 Å². The molecule has 2 heterocycles. The van der Waals surface area contributed by atoms with Gasteiger partial charge in [0, 0.05) is 30.4 Å². The van der Waals surface area contributed by atoms with Crippen LogP contribution in [0.3, 0.4) is 0 Å². The molecule has 1 amide bonds. The number of hydrogen-bond donors (Lipinski definition) is 1. The number of carbonyl (C=O) groups excluding carboxylic acids is 1. The number of imidazole rings is 1. The largest absolute Gasteiger partial charge is 0.306 e. The van der Waals surface area contributed by atoms with Gasteiger partial charge in [0.15, 0.2) is 0 Å². The summed E-state index contributed by atoms with van der Waals surface area (Å²) in [4.78, 5) is 15.3. The Kier molecular flexibility index (Phi) is 2.87. The summed E-state index contributed by atoms with van der Waals surface area (Å²) in [6, 6.07) is 8.07. The van der Waals surface area contributed by atoms with Crippen molar-refractivity contribution >= 4 is 11.6 Å². The van der Waals surface area contributed by atoms with E-state index >= 15 is 0 Å². The van der Waals surface area contributed by atoms with Crippen LogP contribution in [0, 0.1) is 5.92 Å². The number of amides is 1. The molecule has 2 aromatic rings. The van der Waals surface area contributed by atoms with Crippen molar-refractivity contribution in [1.29, 1.82) is 0 Å². The van der Waals surface area contributed by atoms with Crippen LogP contribution in [-0.2, 0) is 4.79 Å². The van der Waals surface area contributed by atoms with Crippen molar-refractivity contribution in [2.75, 3.05) is 0 Å². The lowest BCUT2D eigenvalue weighted by atomic mass is 9.94. The summed E-state index contributed by atoms with van der Waals surface area (Å²) in [5.41, 5.74) is 5.55. The molecule has 1 N–H and O–H groups in total. The monoisotopic (exact) mass is 254 g/mol. The van der Waals surface area contributed by atoms with Crippen LogP contribution in [0.15, 0.2) is 48.1 Å². The molecule has 0 saturated carbocycles. The molecule has 1 aliphatic rings. The predicted octanol–water partition coefficient (Wildman–Crippen LogP) is 1.73. The summed E-state index contributed by atoms with van der Waals surface area (Å²) in [6.07, 6.45) is 5.89. The Labute approximate surface area is 111 Å². The lowest BCUT2D eigenvalue weighted by Gasteiger charge is -2.19. The van der Waals surface area contributed by atoms with Crippen molar-refractivity contribution in [1.82, 2.24) is 15.0 Å². The highest BCUT2D eigenvalue weighted by atomic mass is 16.2. The van der Waals surface area contributed by atoms with Crippen LogP contribution in [0.5, 0.6) is 0 Å². The second-order valence-corrected chi connectivity index (χ2v) is 4.65. The van der Waals surface area contributed by atoms with E-state index in [4.69, 9.17) is 0 Å². The van der Waals surface area contributed by atoms with Gasteiger partial charge in [-0.05, 0) is 17.7 Å². The molecule has 0 radical (unpaired) electrons. The summed E-state index contributed by atoms with van der Waals surface area (Å²) in [7, 11) is 0. The molecule has 1 aliphatic heterocycles. The van der Waals surface area contributed by atoms with E-state index in [1.807, 2.05) is 42.0 Å². The first-order valence-electron chi connectivity index (χ1n) is 6.19. The molecule has 0 aliphatic carbocycles. The fourth-order valence-electron chi connectivity index (χ4n) is 2.22. The minimum absolute atomic E-state index is 0.0220. The normalized spacial score (nSPS) is 18.9. The zero-order valence-electron chi connectivity index (χ0n) is 10.6. The van der Waals surface area contributed by atoms with Gasteiger partial charge < -0.3 is 4.57 Å². The number of hydrazone groups is 1. The molecule has 5 nitrogen and oxygen atoms in total. The molecular weight excluding hydrogens is 240 g/mol. The summed E-state index contributed by atoms with van der Waals surface area (Å²) in [6.45, 7) is 2.02. The number of benzene rings is 1. The average molecular weight is 254 g/mol. The van der Waals surface area contributed by atoms with Crippen LogP contribution < -0.4 is 5.43 Å². The molecule has 1 aromatic heterocycles. The molecule has 5 heteroatoms. The fourth-order valence-corrected chi connectivity index (χ4v) is 2.22. The van der Waals surface area contributed by atoms with Gasteiger partial charge in [-0.1, -0.05) is 19.1 Å². The summed E-state index contributed by atoms with van der Waals surface area (Å²) in [5.74, 6) is 0.124. The van der Waals surface area contributed by atoms with Crippen LogP contribution in [0.4, 0.5) is 0 Å². The van der Waals surface area contributed by atoms with E-state index in [0.29, 0.717) is 6.42 Å². The molecule has 1 atom stereocenters. The maximum absolute atomic E-state index is 11.2. The average Bonchev–Trinajstić information content (AvgIpc) is 2.93. The Morgan fingerprint density at radius 3 is 2.74 bits per heavy atom. The van der Waals surface area contributed by atoms with Gasteiger partial charge in [-0.25, -0.2) is 10.4 Å². The standard InChI is InChI=1S/C14H14N4O/c1-10-8-13(19)16-17-14(10)11-2-4-12(5-3-11)18-7-6-15-9-18/h2-7,9-10H,8H2,1H3,(H,16,19)/t10-/m1/s1. The van der Waals surface area contributed by atoms with Gasteiger partial charge in [0.2, 0.25) is 5.91 Å². The maximum Gasteiger partial charge on any atom is 0.240 e.